The summed E-state index contributed by atoms with van der Waals surface area (Å²) in [6.07, 6.45) is 6.03. The molecule has 2 aromatic rings. The van der Waals surface area contributed by atoms with Crippen molar-refractivity contribution in [3.63, 3.8) is 0 Å². The van der Waals surface area contributed by atoms with Gasteiger partial charge >= 0.3 is 0 Å². The largest absolute Gasteiger partial charge is 0.489 e. The summed E-state index contributed by atoms with van der Waals surface area (Å²) >= 11 is 0. The predicted octanol–water partition coefficient (Wildman–Crippen LogP) is 0.451. The van der Waals surface area contributed by atoms with Crippen LogP contribution in [0.4, 0.5) is 0 Å². The Kier molecular flexibility index (Phi) is 9.53. The van der Waals surface area contributed by atoms with Gasteiger partial charge in [0.1, 0.15) is 18.2 Å². The molecular formula is C29H42N8O4. The summed E-state index contributed by atoms with van der Waals surface area (Å²) in [7, 11) is 0. The first-order valence-corrected chi connectivity index (χ1v) is 14.5. The van der Waals surface area contributed by atoms with E-state index in [2.05, 4.69) is 49.0 Å². The Balaban J connectivity index is 1.03. The first-order chi connectivity index (χ1) is 19.9. The van der Waals surface area contributed by atoms with Gasteiger partial charge in [-0.25, -0.2) is 0 Å². The van der Waals surface area contributed by atoms with Gasteiger partial charge in [0.25, 0.3) is 0 Å². The van der Waals surface area contributed by atoms with Crippen LogP contribution in [0.1, 0.15) is 48.4 Å². The molecule has 222 valence electrons. The van der Waals surface area contributed by atoms with Crippen molar-refractivity contribution in [1.29, 1.82) is 0 Å². The number of amidine groups is 1. The molecule has 0 aliphatic carbocycles. The molecule has 1 aromatic heterocycles. The number of piperidine rings is 1. The number of aliphatic imine (C=N–C) groups is 1. The summed E-state index contributed by atoms with van der Waals surface area (Å²) < 4.78 is 6.02. The fourth-order valence-electron chi connectivity index (χ4n) is 5.86. The molecule has 1 unspecified atom stereocenters. The van der Waals surface area contributed by atoms with Gasteiger partial charge in [-0.2, -0.15) is 5.10 Å². The lowest BCUT2D eigenvalue weighted by atomic mass is 9.94. The van der Waals surface area contributed by atoms with Gasteiger partial charge in [-0.3, -0.25) is 29.9 Å². The van der Waals surface area contributed by atoms with Crippen LogP contribution >= 0.6 is 0 Å². The van der Waals surface area contributed by atoms with Gasteiger partial charge in [0.05, 0.1) is 25.0 Å². The molecule has 0 radical (unpaired) electrons. The van der Waals surface area contributed by atoms with E-state index in [1.807, 2.05) is 17.2 Å². The second-order valence-corrected chi connectivity index (χ2v) is 11.3. The fraction of sp³-hybridized carbons (Fsp3) is 0.586. The maximum atomic E-state index is 12.9. The Morgan fingerprint density at radius 3 is 2.83 bits per heavy atom. The van der Waals surface area contributed by atoms with Crippen molar-refractivity contribution in [2.45, 2.75) is 70.9 Å². The molecule has 1 fully saturated rings. The number of benzene rings is 1. The molecule has 2 atom stereocenters. The molecule has 12 nitrogen and oxygen atoms in total. The van der Waals surface area contributed by atoms with Crippen molar-refractivity contribution in [2.24, 2.45) is 4.99 Å². The average molecular weight is 567 g/mol. The number of aliphatic hydroxyl groups excluding tert-OH is 1. The van der Waals surface area contributed by atoms with Crippen molar-refractivity contribution in [1.82, 2.24) is 35.9 Å². The molecule has 1 aromatic carbocycles. The molecule has 0 saturated carbocycles. The number of carbonyl (C=O) groups is 2. The van der Waals surface area contributed by atoms with E-state index in [9.17, 15) is 14.7 Å². The van der Waals surface area contributed by atoms with Crippen LogP contribution in [0.2, 0.25) is 0 Å². The number of likely N-dealkylation sites (tertiary alicyclic amines) is 1. The third-order valence-corrected chi connectivity index (χ3v) is 8.28. The smallest absolute Gasteiger partial charge is 0.237 e. The number of rotatable bonds is 9. The van der Waals surface area contributed by atoms with Crippen molar-refractivity contribution in [3.05, 3.63) is 46.8 Å². The molecule has 12 heteroatoms. The highest BCUT2D eigenvalue weighted by Crippen LogP contribution is 2.29. The average Bonchev–Trinajstić information content (AvgIpc) is 3.50. The maximum Gasteiger partial charge on any atom is 0.237 e. The van der Waals surface area contributed by atoms with Crippen LogP contribution in [0.5, 0.6) is 5.75 Å². The number of nitrogens with zero attached hydrogens (tertiary/aromatic N) is 4. The number of β-amino-alcohol motifs (C(OH)–C–C–N with tert-alkyl or cyclic N) is 1. The maximum absolute atomic E-state index is 12.9. The third kappa shape index (κ3) is 7.63. The monoisotopic (exact) mass is 566 g/mol. The minimum atomic E-state index is -0.666. The van der Waals surface area contributed by atoms with Gasteiger partial charge in [-0.1, -0.05) is 6.07 Å². The van der Waals surface area contributed by atoms with Crippen LogP contribution in [-0.2, 0) is 29.2 Å². The number of H-pyrrole nitrogens is 1. The van der Waals surface area contributed by atoms with Crippen molar-refractivity contribution < 1.29 is 19.4 Å². The Hall–Kier alpha value is -3.48. The quantitative estimate of drug-likeness (QED) is 0.294. The Bertz CT molecular complexity index is 1230. The minimum Gasteiger partial charge on any atom is -0.489 e. The summed E-state index contributed by atoms with van der Waals surface area (Å²) in [6.45, 7) is 8.32. The van der Waals surface area contributed by atoms with E-state index in [1.54, 1.807) is 13.1 Å². The molecule has 0 bridgehead atoms. The normalized spacial score (nSPS) is 20.6. The fourth-order valence-corrected chi connectivity index (χ4v) is 5.86. The van der Waals surface area contributed by atoms with E-state index in [0.29, 0.717) is 26.2 Å². The molecular weight excluding hydrogens is 524 g/mol. The SMILES string of the molecule is CC(=O)N1CCC(NC2=NCNC(C(=O)NC[C@H](O)CN3CCc4c(ccc(OCc5cn[nH]c5)c4C)C3)C2)CC1. The predicted molar refractivity (Wildman–Crippen MR) is 154 cm³/mol. The van der Waals surface area contributed by atoms with E-state index in [0.717, 1.165) is 68.2 Å². The van der Waals surface area contributed by atoms with Crippen molar-refractivity contribution in [2.75, 3.05) is 39.4 Å². The lowest BCUT2D eigenvalue weighted by Gasteiger charge is -2.34. The molecule has 0 spiro atoms. The number of nitrogens with one attached hydrogen (secondary N) is 4. The molecule has 3 aliphatic rings. The highest BCUT2D eigenvalue weighted by atomic mass is 16.5. The third-order valence-electron chi connectivity index (χ3n) is 8.28. The number of fused-ring (bicyclic) bond motifs is 1. The van der Waals surface area contributed by atoms with Gasteiger partial charge in [0.2, 0.25) is 11.8 Å². The molecule has 3 aliphatic heterocycles. The van der Waals surface area contributed by atoms with Gasteiger partial charge in [0, 0.05) is 70.4 Å². The van der Waals surface area contributed by atoms with Crippen molar-refractivity contribution >= 4 is 17.6 Å². The van der Waals surface area contributed by atoms with Gasteiger partial charge in [-0.15, -0.1) is 0 Å². The van der Waals surface area contributed by atoms with E-state index in [4.69, 9.17) is 4.74 Å². The van der Waals surface area contributed by atoms with Crippen LogP contribution in [-0.4, -0.2) is 100 Å². The number of hydrogen-bond acceptors (Lipinski definition) is 9. The highest BCUT2D eigenvalue weighted by Gasteiger charge is 2.27. The molecule has 2 amide bonds. The highest BCUT2D eigenvalue weighted by molar-refractivity contribution is 5.91. The summed E-state index contributed by atoms with van der Waals surface area (Å²) in [5.41, 5.74) is 4.73. The minimum absolute atomic E-state index is 0.114. The van der Waals surface area contributed by atoms with Gasteiger partial charge in [-0.05, 0) is 48.9 Å². The summed E-state index contributed by atoms with van der Waals surface area (Å²) in [5.74, 6) is 1.69. The molecule has 5 N–H and O–H groups in total. The van der Waals surface area contributed by atoms with Gasteiger partial charge < -0.3 is 25.4 Å². The number of amides is 2. The molecule has 5 rings (SSSR count). The molecule has 1 saturated heterocycles. The lowest BCUT2D eigenvalue weighted by molar-refractivity contribution is -0.130. The number of hydrogen-bond donors (Lipinski definition) is 5. The van der Waals surface area contributed by atoms with Gasteiger partial charge in [0.15, 0.2) is 0 Å². The van der Waals surface area contributed by atoms with Crippen LogP contribution in [0, 0.1) is 6.92 Å². The number of aliphatic hydroxyl groups is 1. The summed E-state index contributed by atoms with van der Waals surface area (Å²) in [6, 6.07) is 4.00. The van der Waals surface area contributed by atoms with E-state index < -0.39 is 12.1 Å². The van der Waals surface area contributed by atoms with Crippen LogP contribution in [0.15, 0.2) is 29.5 Å². The topological polar surface area (TPSA) is 147 Å². The zero-order valence-corrected chi connectivity index (χ0v) is 24.0. The Morgan fingerprint density at radius 1 is 1.24 bits per heavy atom. The Morgan fingerprint density at radius 2 is 2.07 bits per heavy atom. The second-order valence-electron chi connectivity index (χ2n) is 11.3. The van der Waals surface area contributed by atoms with Crippen molar-refractivity contribution in [3.8, 4) is 5.75 Å². The first-order valence-electron chi connectivity index (χ1n) is 14.5. The van der Waals surface area contributed by atoms with E-state index in [1.165, 1.54) is 11.1 Å². The molecule has 4 heterocycles. The lowest BCUT2D eigenvalue weighted by Crippen LogP contribution is -2.53. The summed E-state index contributed by atoms with van der Waals surface area (Å²) in [4.78, 5) is 33.0. The number of ether oxygens (including phenoxy) is 1. The van der Waals surface area contributed by atoms with Crippen LogP contribution < -0.4 is 20.7 Å². The van der Waals surface area contributed by atoms with E-state index in [-0.39, 0.29) is 24.4 Å². The first kappa shape index (κ1) is 29.0. The number of aromatic nitrogens is 2. The van der Waals surface area contributed by atoms with Crippen LogP contribution in [0.3, 0.4) is 0 Å². The zero-order chi connectivity index (χ0) is 28.8. The number of carbonyl (C=O) groups excluding carboxylic acids is 2. The van der Waals surface area contributed by atoms with E-state index >= 15 is 0 Å². The standard InChI is InChI=1S/C29H42N8O4/c1-19-25-7-8-36(15-22(25)3-4-27(19)41-17-21-12-33-34-13-21)16-24(39)14-30-29(40)26-11-28(32-18-31-26)35-23-5-9-37(10-6-23)20(2)38/h3-4,12-13,23-24,26,31,39H,5-11,14-18H2,1-2H3,(H,30,40)(H,32,35)(H,33,34)/t24-,26?/m0/s1. The molecule has 41 heavy (non-hydrogen) atoms. The Labute approximate surface area is 240 Å². The summed E-state index contributed by atoms with van der Waals surface area (Å²) in [5, 5.41) is 27.0. The van der Waals surface area contributed by atoms with Crippen LogP contribution in [0.25, 0.3) is 0 Å². The second kappa shape index (κ2) is 13.5. The number of aromatic amines is 1. The zero-order valence-electron chi connectivity index (χ0n) is 24.0.